The Kier molecular flexibility index (Phi) is 7.95. The van der Waals surface area contributed by atoms with Crippen LogP contribution >= 0.6 is 0 Å². The number of ether oxygens (including phenoxy) is 2. The van der Waals surface area contributed by atoms with Gasteiger partial charge in [0.2, 0.25) is 5.91 Å². The molecule has 0 unspecified atom stereocenters. The molecule has 2 heterocycles. The number of hydrogen-bond acceptors (Lipinski definition) is 4. The quantitative estimate of drug-likeness (QED) is 0.443. The number of carbonyl (C=O) groups excluding carboxylic acids is 1. The average Bonchev–Trinajstić information content (AvgIpc) is 3.38. The number of carbonyl (C=O) groups is 1. The van der Waals surface area contributed by atoms with E-state index < -0.39 is 5.41 Å². The van der Waals surface area contributed by atoms with Crippen LogP contribution in [0.25, 0.3) is 11.1 Å². The zero-order chi connectivity index (χ0) is 23.8. The largest absolute Gasteiger partial charge is 0.496 e. The third-order valence-corrected chi connectivity index (χ3v) is 6.59. The Morgan fingerprint density at radius 2 is 1.97 bits per heavy atom. The van der Waals surface area contributed by atoms with Crippen molar-refractivity contribution in [1.82, 2.24) is 14.9 Å². The number of unbranched alkanes of at least 4 members (excludes halogenated alkanes) is 1. The van der Waals surface area contributed by atoms with Gasteiger partial charge in [0.1, 0.15) is 11.6 Å². The average molecular weight is 466 g/mol. The SMILES string of the molecule is COc1ccc(F)cc1-c1ccc(CC2(C(=O)NCCCCn3ccnc3)CCOCC2)cc1. The van der Waals surface area contributed by atoms with E-state index in [9.17, 15) is 9.18 Å². The number of aryl methyl sites for hydroxylation is 1. The van der Waals surface area contributed by atoms with Crippen molar-refractivity contribution in [3.05, 3.63) is 72.6 Å². The Hall–Kier alpha value is -3.19. The summed E-state index contributed by atoms with van der Waals surface area (Å²) >= 11 is 0. The minimum Gasteiger partial charge on any atom is -0.496 e. The Morgan fingerprint density at radius 1 is 1.18 bits per heavy atom. The molecule has 4 rings (SSSR count). The smallest absolute Gasteiger partial charge is 0.226 e. The summed E-state index contributed by atoms with van der Waals surface area (Å²) in [5.41, 5.74) is 2.20. The topological polar surface area (TPSA) is 65.4 Å². The van der Waals surface area contributed by atoms with Gasteiger partial charge in [0.15, 0.2) is 0 Å². The number of imidazole rings is 1. The number of aromatic nitrogens is 2. The van der Waals surface area contributed by atoms with E-state index in [2.05, 4.69) is 10.3 Å². The molecular formula is C27H32FN3O3. The highest BCUT2D eigenvalue weighted by molar-refractivity contribution is 5.83. The second-order valence-corrected chi connectivity index (χ2v) is 8.87. The van der Waals surface area contributed by atoms with E-state index in [0.717, 1.165) is 30.5 Å². The van der Waals surface area contributed by atoms with Gasteiger partial charge in [0.25, 0.3) is 0 Å². The lowest BCUT2D eigenvalue weighted by atomic mass is 9.74. The summed E-state index contributed by atoms with van der Waals surface area (Å²) in [6.07, 6.45) is 9.49. The zero-order valence-electron chi connectivity index (χ0n) is 19.6. The highest BCUT2D eigenvalue weighted by atomic mass is 19.1. The first-order valence-corrected chi connectivity index (χ1v) is 11.8. The first-order valence-electron chi connectivity index (χ1n) is 11.8. The first-order chi connectivity index (χ1) is 16.6. The van der Waals surface area contributed by atoms with Crippen LogP contribution in [-0.4, -0.2) is 42.3 Å². The lowest BCUT2D eigenvalue weighted by Gasteiger charge is -2.36. The summed E-state index contributed by atoms with van der Waals surface area (Å²) < 4.78 is 26.8. The Labute approximate surface area is 200 Å². The predicted octanol–water partition coefficient (Wildman–Crippen LogP) is 4.63. The molecule has 1 N–H and O–H groups in total. The summed E-state index contributed by atoms with van der Waals surface area (Å²) in [5.74, 6) is 0.430. The van der Waals surface area contributed by atoms with Gasteiger partial charge in [0.05, 0.1) is 18.9 Å². The van der Waals surface area contributed by atoms with Crippen molar-refractivity contribution in [3.8, 4) is 16.9 Å². The molecule has 0 atom stereocenters. The molecule has 1 fully saturated rings. The Morgan fingerprint density at radius 3 is 2.68 bits per heavy atom. The maximum Gasteiger partial charge on any atom is 0.226 e. The van der Waals surface area contributed by atoms with Crippen molar-refractivity contribution in [3.63, 3.8) is 0 Å². The summed E-state index contributed by atoms with van der Waals surface area (Å²) in [7, 11) is 1.58. The van der Waals surface area contributed by atoms with Crippen molar-refractivity contribution >= 4 is 5.91 Å². The Balaban J connectivity index is 1.39. The number of nitrogens with one attached hydrogen (secondary N) is 1. The summed E-state index contributed by atoms with van der Waals surface area (Å²) in [4.78, 5) is 17.3. The lowest BCUT2D eigenvalue weighted by molar-refractivity contribution is -0.136. The van der Waals surface area contributed by atoms with Gasteiger partial charge in [-0.2, -0.15) is 0 Å². The highest BCUT2D eigenvalue weighted by Gasteiger charge is 2.39. The number of nitrogens with zero attached hydrogens (tertiary/aromatic N) is 2. The molecule has 1 aromatic heterocycles. The fraction of sp³-hybridized carbons (Fsp3) is 0.407. The van der Waals surface area contributed by atoms with Gasteiger partial charge < -0.3 is 19.4 Å². The Bertz CT molecular complexity index is 1060. The number of hydrogen-bond donors (Lipinski definition) is 1. The van der Waals surface area contributed by atoms with Crippen molar-refractivity contribution in [2.75, 3.05) is 26.9 Å². The first kappa shape index (κ1) is 24.0. The second kappa shape index (κ2) is 11.3. The van der Waals surface area contributed by atoms with Crippen LogP contribution in [-0.2, 0) is 22.5 Å². The van der Waals surface area contributed by atoms with Crippen LogP contribution in [0.2, 0.25) is 0 Å². The molecule has 0 radical (unpaired) electrons. The maximum atomic E-state index is 13.8. The minimum atomic E-state index is -0.472. The van der Waals surface area contributed by atoms with Gasteiger partial charge in [-0.25, -0.2) is 9.37 Å². The molecule has 0 bridgehead atoms. The maximum absolute atomic E-state index is 13.8. The van der Waals surface area contributed by atoms with E-state index in [4.69, 9.17) is 9.47 Å². The fourth-order valence-corrected chi connectivity index (χ4v) is 4.57. The van der Waals surface area contributed by atoms with Gasteiger partial charge >= 0.3 is 0 Å². The van der Waals surface area contributed by atoms with E-state index in [0.29, 0.717) is 50.3 Å². The van der Waals surface area contributed by atoms with E-state index >= 15 is 0 Å². The van der Waals surface area contributed by atoms with Gasteiger partial charge in [0, 0.05) is 44.3 Å². The van der Waals surface area contributed by atoms with E-state index in [1.54, 1.807) is 19.4 Å². The van der Waals surface area contributed by atoms with Crippen LogP contribution in [0.4, 0.5) is 4.39 Å². The summed E-state index contributed by atoms with van der Waals surface area (Å²) in [6, 6.07) is 12.5. The molecule has 180 valence electrons. The van der Waals surface area contributed by atoms with Crippen LogP contribution in [0.1, 0.15) is 31.2 Å². The minimum absolute atomic E-state index is 0.106. The molecule has 1 amide bonds. The van der Waals surface area contributed by atoms with E-state index in [1.807, 2.05) is 41.4 Å². The zero-order valence-corrected chi connectivity index (χ0v) is 19.6. The van der Waals surface area contributed by atoms with Gasteiger partial charge in [-0.3, -0.25) is 4.79 Å². The molecule has 2 aromatic carbocycles. The van der Waals surface area contributed by atoms with Crippen LogP contribution in [0.5, 0.6) is 5.75 Å². The molecule has 7 heteroatoms. The van der Waals surface area contributed by atoms with E-state index in [-0.39, 0.29) is 11.7 Å². The number of amides is 1. The molecule has 0 aliphatic carbocycles. The van der Waals surface area contributed by atoms with Crippen molar-refractivity contribution in [2.24, 2.45) is 5.41 Å². The second-order valence-electron chi connectivity index (χ2n) is 8.87. The van der Waals surface area contributed by atoms with Crippen molar-refractivity contribution in [1.29, 1.82) is 0 Å². The van der Waals surface area contributed by atoms with Gasteiger partial charge in [-0.1, -0.05) is 24.3 Å². The third kappa shape index (κ3) is 5.83. The number of methoxy groups -OCH3 is 1. The molecule has 34 heavy (non-hydrogen) atoms. The van der Waals surface area contributed by atoms with Crippen LogP contribution in [0, 0.1) is 11.2 Å². The molecule has 1 aliphatic heterocycles. The van der Waals surface area contributed by atoms with Crippen LogP contribution < -0.4 is 10.1 Å². The van der Waals surface area contributed by atoms with Crippen LogP contribution in [0.3, 0.4) is 0 Å². The molecule has 0 saturated carbocycles. The standard InChI is InChI=1S/C27H32FN3O3/c1-33-25-9-8-23(28)18-24(25)22-6-4-21(5-7-22)19-27(10-16-34-17-11-27)26(32)30-12-2-3-14-31-15-13-29-20-31/h4-9,13,15,18,20H,2-3,10-12,14,16-17,19H2,1H3,(H,30,32). The van der Waals surface area contributed by atoms with Gasteiger partial charge in [-0.15, -0.1) is 0 Å². The molecule has 1 saturated heterocycles. The number of halogens is 1. The number of rotatable bonds is 10. The summed E-state index contributed by atoms with van der Waals surface area (Å²) in [5, 5.41) is 3.17. The number of benzene rings is 2. The van der Waals surface area contributed by atoms with Crippen molar-refractivity contribution < 1.29 is 18.7 Å². The molecule has 1 aliphatic rings. The van der Waals surface area contributed by atoms with E-state index in [1.165, 1.54) is 12.1 Å². The third-order valence-electron chi connectivity index (χ3n) is 6.59. The lowest BCUT2D eigenvalue weighted by Crippen LogP contribution is -2.46. The monoisotopic (exact) mass is 465 g/mol. The van der Waals surface area contributed by atoms with Gasteiger partial charge in [-0.05, 0) is 61.4 Å². The normalized spacial score (nSPS) is 15.1. The molecule has 3 aromatic rings. The van der Waals surface area contributed by atoms with Crippen molar-refractivity contribution in [2.45, 2.75) is 38.6 Å². The van der Waals surface area contributed by atoms with Crippen LogP contribution in [0.15, 0.2) is 61.2 Å². The molecular weight excluding hydrogens is 433 g/mol. The predicted molar refractivity (Wildman–Crippen MR) is 129 cm³/mol. The summed E-state index contributed by atoms with van der Waals surface area (Å²) in [6.45, 7) is 2.74. The molecule has 0 spiro atoms. The fourth-order valence-electron chi connectivity index (χ4n) is 4.57. The molecule has 6 nitrogen and oxygen atoms in total. The highest BCUT2D eigenvalue weighted by Crippen LogP contribution is 2.36.